The quantitative estimate of drug-likeness (QED) is 0.715. The van der Waals surface area contributed by atoms with Crippen molar-refractivity contribution in [1.29, 1.82) is 0 Å². The van der Waals surface area contributed by atoms with E-state index in [9.17, 15) is 0 Å². The lowest BCUT2D eigenvalue weighted by atomic mass is 10.3. The van der Waals surface area contributed by atoms with E-state index in [1.807, 2.05) is 7.05 Å². The third kappa shape index (κ3) is 2.79. The molecule has 0 saturated carbocycles. The van der Waals surface area contributed by atoms with Crippen molar-refractivity contribution in [3.05, 3.63) is 30.3 Å². The van der Waals surface area contributed by atoms with E-state index in [4.69, 9.17) is 0 Å². The van der Waals surface area contributed by atoms with E-state index in [0.717, 1.165) is 0 Å². The predicted molar refractivity (Wildman–Crippen MR) is 61.8 cm³/mol. The highest BCUT2D eigenvalue weighted by Gasteiger charge is 2.23. The van der Waals surface area contributed by atoms with Crippen molar-refractivity contribution in [2.75, 3.05) is 7.05 Å². The molecule has 0 fully saturated rings. The van der Waals surface area contributed by atoms with Crippen LogP contribution in [0.1, 0.15) is 20.8 Å². The van der Waals surface area contributed by atoms with Crippen molar-refractivity contribution >= 4 is 13.4 Å². The van der Waals surface area contributed by atoms with Crippen LogP contribution in [0.25, 0.3) is 0 Å². The highest BCUT2D eigenvalue weighted by Crippen LogP contribution is 2.43. The number of hydrogen-bond acceptors (Lipinski definition) is 1. The molecule has 0 aromatic heterocycles. The molecule has 0 aliphatic heterocycles. The summed E-state index contributed by atoms with van der Waals surface area (Å²) in [6.07, 6.45) is 0. The summed E-state index contributed by atoms with van der Waals surface area (Å²) in [5.74, 6) is 0. The van der Waals surface area contributed by atoms with Crippen molar-refractivity contribution in [2.24, 2.45) is 0 Å². The van der Waals surface area contributed by atoms with Gasteiger partial charge in [0, 0.05) is 0 Å². The second-order valence-electron chi connectivity index (χ2n) is 4.07. The van der Waals surface area contributed by atoms with E-state index in [0.29, 0.717) is 5.16 Å². The van der Waals surface area contributed by atoms with Gasteiger partial charge in [0.25, 0.3) is 0 Å². The van der Waals surface area contributed by atoms with Crippen LogP contribution in [0.3, 0.4) is 0 Å². The van der Waals surface area contributed by atoms with Gasteiger partial charge in [-0.1, -0.05) is 51.1 Å². The van der Waals surface area contributed by atoms with Gasteiger partial charge in [0.15, 0.2) is 0 Å². The summed E-state index contributed by atoms with van der Waals surface area (Å²) < 4.78 is 0. The topological polar surface area (TPSA) is 12.0 Å². The van der Waals surface area contributed by atoms with E-state index < -0.39 is 0 Å². The van der Waals surface area contributed by atoms with Gasteiger partial charge in [-0.05, 0) is 25.6 Å². The van der Waals surface area contributed by atoms with Crippen LogP contribution in [0.15, 0.2) is 30.3 Å². The molecule has 1 aromatic rings. The van der Waals surface area contributed by atoms with E-state index >= 15 is 0 Å². The van der Waals surface area contributed by atoms with Gasteiger partial charge in [0.2, 0.25) is 0 Å². The Morgan fingerprint density at radius 1 is 1.08 bits per heavy atom. The first-order valence-electron chi connectivity index (χ1n) is 4.58. The fourth-order valence-corrected chi connectivity index (χ4v) is 3.60. The third-order valence-corrected chi connectivity index (χ3v) is 4.51. The molecule has 1 N–H and O–H groups in total. The van der Waals surface area contributed by atoms with Gasteiger partial charge >= 0.3 is 0 Å². The minimum Gasteiger partial charge on any atom is -0.295 e. The molecule has 1 rings (SSSR count). The average Bonchev–Trinajstić information content (AvgIpc) is 2.05. The Morgan fingerprint density at radius 3 is 2.00 bits per heavy atom. The Kier molecular flexibility index (Phi) is 3.47. The van der Waals surface area contributed by atoms with Crippen LogP contribution in [0.4, 0.5) is 0 Å². The summed E-state index contributed by atoms with van der Waals surface area (Å²) in [6.45, 7) is 6.84. The number of benzene rings is 1. The maximum Gasteiger partial charge on any atom is -0.000793 e. The summed E-state index contributed by atoms with van der Waals surface area (Å²) in [7, 11) is 1.80. The molecule has 0 radical (unpaired) electrons. The lowest BCUT2D eigenvalue weighted by Gasteiger charge is -2.30. The molecule has 72 valence electrons. The monoisotopic (exact) mass is 195 g/mol. The standard InChI is InChI=1S/C11H18NP/c1-11(2,3)13(12-4)10-8-6-5-7-9-10/h5-9,12H,1-4H3/t13-/m0/s1. The van der Waals surface area contributed by atoms with Crippen molar-refractivity contribution in [1.82, 2.24) is 5.09 Å². The SMILES string of the molecule is CN[P@@](c1ccccc1)C(C)(C)C. The smallest absolute Gasteiger partial charge is 0.000793 e. The lowest BCUT2D eigenvalue weighted by molar-refractivity contribution is 0.778. The van der Waals surface area contributed by atoms with Crippen LogP contribution in [-0.4, -0.2) is 12.2 Å². The second-order valence-corrected chi connectivity index (χ2v) is 7.04. The van der Waals surface area contributed by atoms with Crippen LogP contribution in [0.5, 0.6) is 0 Å². The van der Waals surface area contributed by atoms with Crippen LogP contribution >= 0.6 is 8.07 Å². The van der Waals surface area contributed by atoms with E-state index in [2.05, 4.69) is 56.2 Å². The zero-order chi connectivity index (χ0) is 9.90. The van der Waals surface area contributed by atoms with Gasteiger partial charge < -0.3 is 0 Å². The molecule has 1 aromatic carbocycles. The molecule has 0 unspecified atom stereocenters. The Bertz CT molecular complexity index is 251. The molecule has 1 atom stereocenters. The van der Waals surface area contributed by atoms with Gasteiger partial charge in [-0.3, -0.25) is 5.09 Å². The molecular formula is C11H18NP. The second kappa shape index (κ2) is 4.21. The molecule has 0 bridgehead atoms. The van der Waals surface area contributed by atoms with Crippen LogP contribution in [0, 0.1) is 0 Å². The molecule has 0 aliphatic rings. The number of hydrogen-bond donors (Lipinski definition) is 1. The van der Waals surface area contributed by atoms with E-state index in [-0.39, 0.29) is 8.07 Å². The molecule has 0 amide bonds. The molecule has 0 spiro atoms. The summed E-state index contributed by atoms with van der Waals surface area (Å²) in [4.78, 5) is 0. The predicted octanol–water partition coefficient (Wildman–Crippen LogP) is 2.73. The first kappa shape index (κ1) is 10.7. The first-order valence-corrected chi connectivity index (χ1v) is 5.92. The minimum absolute atomic E-state index is 0.245. The number of nitrogens with one attached hydrogen (secondary N) is 1. The molecule has 13 heavy (non-hydrogen) atoms. The zero-order valence-corrected chi connectivity index (χ0v) is 9.73. The largest absolute Gasteiger partial charge is 0.295 e. The molecule has 2 heteroatoms. The number of rotatable bonds is 2. The molecule has 1 nitrogen and oxygen atoms in total. The first-order chi connectivity index (χ1) is 6.05. The maximum atomic E-state index is 3.42. The normalized spacial score (nSPS) is 14.2. The zero-order valence-electron chi connectivity index (χ0n) is 8.83. The minimum atomic E-state index is -0.245. The summed E-state index contributed by atoms with van der Waals surface area (Å²) in [5.41, 5.74) is 0. The summed E-state index contributed by atoms with van der Waals surface area (Å²) in [5, 5.41) is 5.17. The third-order valence-electron chi connectivity index (χ3n) is 1.91. The molecule has 0 aliphatic carbocycles. The molecule has 0 heterocycles. The fraction of sp³-hybridized carbons (Fsp3) is 0.455. The Morgan fingerprint density at radius 2 is 1.62 bits per heavy atom. The van der Waals surface area contributed by atoms with Gasteiger partial charge in [0.05, 0.1) is 0 Å². The highest BCUT2D eigenvalue weighted by atomic mass is 31.1. The molecular weight excluding hydrogens is 177 g/mol. The summed E-state index contributed by atoms with van der Waals surface area (Å²) in [6, 6.07) is 10.7. The van der Waals surface area contributed by atoms with Crippen molar-refractivity contribution in [2.45, 2.75) is 25.9 Å². The van der Waals surface area contributed by atoms with Crippen molar-refractivity contribution < 1.29 is 0 Å². The van der Waals surface area contributed by atoms with E-state index in [1.165, 1.54) is 5.30 Å². The highest BCUT2D eigenvalue weighted by molar-refractivity contribution is 7.65. The fourth-order valence-electron chi connectivity index (χ4n) is 1.43. The van der Waals surface area contributed by atoms with Crippen LogP contribution < -0.4 is 10.4 Å². The van der Waals surface area contributed by atoms with Gasteiger partial charge in [0.1, 0.15) is 0 Å². The summed E-state index contributed by atoms with van der Waals surface area (Å²) >= 11 is 0. The van der Waals surface area contributed by atoms with Crippen molar-refractivity contribution in [3.8, 4) is 0 Å². The molecule has 0 saturated heterocycles. The van der Waals surface area contributed by atoms with Gasteiger partial charge in [-0.15, -0.1) is 0 Å². The van der Waals surface area contributed by atoms with E-state index in [1.54, 1.807) is 0 Å². The van der Waals surface area contributed by atoms with Gasteiger partial charge in [-0.25, -0.2) is 0 Å². The Balaban J connectivity index is 2.92. The Labute approximate surface area is 82.4 Å². The van der Waals surface area contributed by atoms with Crippen LogP contribution in [0.2, 0.25) is 0 Å². The maximum absolute atomic E-state index is 3.42. The van der Waals surface area contributed by atoms with Crippen molar-refractivity contribution in [3.63, 3.8) is 0 Å². The van der Waals surface area contributed by atoms with Gasteiger partial charge in [-0.2, -0.15) is 0 Å². The van der Waals surface area contributed by atoms with Crippen LogP contribution in [-0.2, 0) is 0 Å². The lowest BCUT2D eigenvalue weighted by Crippen LogP contribution is -2.26. The average molecular weight is 195 g/mol. The Hall–Kier alpha value is -0.390.